The highest BCUT2D eigenvalue weighted by atomic mass is 19.4. The van der Waals surface area contributed by atoms with Crippen molar-refractivity contribution in [3.63, 3.8) is 0 Å². The molecule has 1 aliphatic rings. The van der Waals surface area contributed by atoms with Crippen LogP contribution in [0.2, 0.25) is 0 Å². The maximum Gasteiger partial charge on any atom is 0.408 e. The maximum absolute atomic E-state index is 14.2. The lowest BCUT2D eigenvalue weighted by atomic mass is 9.76. The Morgan fingerprint density at radius 2 is 1.07 bits per heavy atom. The number of benzene rings is 2. The van der Waals surface area contributed by atoms with Crippen LogP contribution in [0.15, 0.2) is 36.4 Å². The Morgan fingerprint density at radius 1 is 0.689 bits per heavy atom. The number of fused-ring (bicyclic) bond motifs is 3. The SMILES string of the molecule is CCCCCCCCCCCCCCCCCCCC(NC(=O)C1(C(=O)O)c2cc(C)ccc2-c2ccc(C)cc21)C(F)(F)F. The quantitative estimate of drug-likeness (QED) is 0.107. The molecule has 1 unspecified atom stereocenters. The normalized spacial score (nSPS) is 14.2. The molecule has 0 radical (unpaired) electrons. The van der Waals surface area contributed by atoms with Crippen molar-refractivity contribution in [1.82, 2.24) is 5.32 Å². The Bertz CT molecular complexity index is 1190. The number of carboxylic acids is 1. The lowest BCUT2D eigenvalue weighted by molar-refractivity contribution is -0.167. The fourth-order valence-corrected chi connectivity index (χ4v) is 6.78. The molecule has 7 heteroatoms. The van der Waals surface area contributed by atoms with Crippen molar-refractivity contribution in [2.75, 3.05) is 0 Å². The van der Waals surface area contributed by atoms with Crippen molar-refractivity contribution in [2.24, 2.45) is 0 Å². The summed E-state index contributed by atoms with van der Waals surface area (Å²) in [6.07, 6.45) is 14.6. The fourth-order valence-electron chi connectivity index (χ4n) is 6.78. The number of carbonyl (C=O) groups excluding carboxylic acids is 1. The molecule has 0 aromatic heterocycles. The lowest BCUT2D eigenvalue weighted by Gasteiger charge is -2.30. The molecule has 45 heavy (non-hydrogen) atoms. The zero-order valence-corrected chi connectivity index (χ0v) is 27.7. The average molecular weight is 630 g/mol. The van der Waals surface area contributed by atoms with Gasteiger partial charge in [-0.15, -0.1) is 0 Å². The Hall–Kier alpha value is -2.83. The summed E-state index contributed by atoms with van der Waals surface area (Å²) in [4.78, 5) is 26.7. The largest absolute Gasteiger partial charge is 0.480 e. The third kappa shape index (κ3) is 9.83. The number of aliphatic carboxylic acids is 1. The van der Waals surface area contributed by atoms with E-state index in [4.69, 9.17) is 0 Å². The standard InChI is InChI=1S/C38H54F3NO3/c1-4-5-6-7-8-9-10-11-12-13-14-15-16-17-18-19-20-21-34(38(39,40)41)42-35(43)37(36(44)45)32-26-28(2)22-24-30(32)31-25-23-29(3)27-33(31)37/h22-27,34H,4-21H2,1-3H3,(H,42,43)(H,44,45). The van der Waals surface area contributed by atoms with Gasteiger partial charge < -0.3 is 10.4 Å². The fraction of sp³-hybridized carbons (Fsp3) is 0.632. The van der Waals surface area contributed by atoms with Gasteiger partial charge >= 0.3 is 12.1 Å². The van der Waals surface area contributed by atoms with Gasteiger partial charge in [0.05, 0.1) is 0 Å². The van der Waals surface area contributed by atoms with Crippen molar-refractivity contribution < 1.29 is 27.9 Å². The monoisotopic (exact) mass is 629 g/mol. The van der Waals surface area contributed by atoms with E-state index in [0.29, 0.717) is 24.0 Å². The van der Waals surface area contributed by atoms with Gasteiger partial charge in [-0.1, -0.05) is 164 Å². The molecule has 2 aromatic carbocycles. The molecule has 0 fully saturated rings. The smallest absolute Gasteiger partial charge is 0.408 e. The predicted octanol–water partition coefficient (Wildman–Crippen LogP) is 10.7. The second-order valence-corrected chi connectivity index (χ2v) is 13.2. The maximum atomic E-state index is 14.2. The highest BCUT2D eigenvalue weighted by Crippen LogP contribution is 2.50. The number of halogens is 3. The number of amides is 1. The van der Waals surface area contributed by atoms with Gasteiger partial charge in [0.2, 0.25) is 5.91 Å². The van der Waals surface area contributed by atoms with Gasteiger partial charge in [0.15, 0.2) is 5.41 Å². The van der Waals surface area contributed by atoms with Crippen LogP contribution in [0.3, 0.4) is 0 Å². The number of unbranched alkanes of at least 4 members (excludes halogenated alkanes) is 16. The molecular formula is C38H54F3NO3. The number of hydrogen-bond donors (Lipinski definition) is 2. The molecule has 0 aliphatic heterocycles. The molecular weight excluding hydrogens is 575 g/mol. The molecule has 4 nitrogen and oxygen atoms in total. The van der Waals surface area contributed by atoms with Crippen molar-refractivity contribution in [2.45, 2.75) is 154 Å². The zero-order chi connectivity index (χ0) is 32.9. The van der Waals surface area contributed by atoms with Gasteiger partial charge in [-0.05, 0) is 42.5 Å². The molecule has 250 valence electrons. The first-order valence-electron chi connectivity index (χ1n) is 17.4. The van der Waals surface area contributed by atoms with Gasteiger partial charge in [-0.2, -0.15) is 13.2 Å². The summed E-state index contributed by atoms with van der Waals surface area (Å²) >= 11 is 0. The minimum absolute atomic E-state index is 0.215. The molecule has 0 heterocycles. The Kier molecular flexibility index (Phi) is 14.5. The van der Waals surface area contributed by atoms with Crippen LogP contribution in [-0.2, 0) is 15.0 Å². The molecule has 1 amide bonds. The number of hydrogen-bond acceptors (Lipinski definition) is 2. The lowest BCUT2D eigenvalue weighted by Crippen LogP contribution is -2.56. The predicted molar refractivity (Wildman–Crippen MR) is 177 cm³/mol. The third-order valence-corrected chi connectivity index (χ3v) is 9.41. The number of nitrogens with one attached hydrogen (secondary N) is 1. The van der Waals surface area contributed by atoms with E-state index in [1.54, 1.807) is 38.1 Å². The van der Waals surface area contributed by atoms with Gasteiger partial charge in [-0.3, -0.25) is 9.59 Å². The first kappa shape index (κ1) is 36.6. The van der Waals surface area contributed by atoms with E-state index in [1.807, 2.05) is 12.1 Å². The molecule has 1 atom stereocenters. The third-order valence-electron chi connectivity index (χ3n) is 9.41. The summed E-state index contributed by atoms with van der Waals surface area (Å²) in [5, 5.41) is 12.7. The van der Waals surface area contributed by atoms with Crippen LogP contribution in [-0.4, -0.2) is 29.2 Å². The van der Waals surface area contributed by atoms with Crippen LogP contribution in [0.4, 0.5) is 13.2 Å². The molecule has 2 aromatic rings. The molecule has 0 bridgehead atoms. The van der Waals surface area contributed by atoms with E-state index >= 15 is 0 Å². The zero-order valence-electron chi connectivity index (χ0n) is 27.7. The highest BCUT2D eigenvalue weighted by molar-refractivity contribution is 6.16. The minimum atomic E-state index is -4.69. The highest BCUT2D eigenvalue weighted by Gasteiger charge is 2.57. The molecule has 2 N–H and O–H groups in total. The van der Waals surface area contributed by atoms with Gasteiger partial charge in [-0.25, -0.2) is 0 Å². The first-order chi connectivity index (χ1) is 21.5. The summed E-state index contributed by atoms with van der Waals surface area (Å²) in [5.74, 6) is -2.62. The van der Waals surface area contributed by atoms with E-state index in [9.17, 15) is 27.9 Å². The van der Waals surface area contributed by atoms with Crippen molar-refractivity contribution in [3.05, 3.63) is 58.7 Å². The molecule has 0 spiro atoms. The van der Waals surface area contributed by atoms with Crippen LogP contribution < -0.4 is 5.32 Å². The van der Waals surface area contributed by atoms with Crippen molar-refractivity contribution >= 4 is 11.9 Å². The van der Waals surface area contributed by atoms with E-state index < -0.39 is 29.5 Å². The van der Waals surface area contributed by atoms with Gasteiger partial charge in [0.25, 0.3) is 0 Å². The number of carboxylic acid groups (broad SMARTS) is 1. The molecule has 3 rings (SSSR count). The number of alkyl halides is 3. The first-order valence-corrected chi connectivity index (χ1v) is 17.4. The summed E-state index contributed by atoms with van der Waals surface area (Å²) in [6.45, 7) is 5.79. The average Bonchev–Trinajstić information content (AvgIpc) is 3.26. The Morgan fingerprint density at radius 3 is 1.42 bits per heavy atom. The molecule has 1 aliphatic carbocycles. The van der Waals surface area contributed by atoms with Crippen LogP contribution in [0.5, 0.6) is 0 Å². The second kappa shape index (κ2) is 17.8. The Labute approximate surface area is 268 Å². The second-order valence-electron chi connectivity index (χ2n) is 13.2. The number of aryl methyl sites for hydroxylation is 2. The van der Waals surface area contributed by atoms with E-state index in [-0.39, 0.29) is 17.5 Å². The van der Waals surface area contributed by atoms with E-state index in [0.717, 1.165) is 36.8 Å². The number of rotatable bonds is 21. The summed E-state index contributed by atoms with van der Waals surface area (Å²) in [7, 11) is 0. The minimum Gasteiger partial charge on any atom is -0.480 e. The molecule has 0 saturated heterocycles. The summed E-state index contributed by atoms with van der Waals surface area (Å²) in [5.41, 5.74) is 0.758. The van der Waals surface area contributed by atoms with Crippen molar-refractivity contribution in [3.8, 4) is 11.1 Å². The van der Waals surface area contributed by atoms with E-state index in [1.165, 1.54) is 70.6 Å². The summed E-state index contributed by atoms with van der Waals surface area (Å²) < 4.78 is 42.5. The van der Waals surface area contributed by atoms with Gasteiger partial charge in [0.1, 0.15) is 6.04 Å². The number of carbonyl (C=O) groups is 2. The van der Waals surface area contributed by atoms with E-state index in [2.05, 4.69) is 12.2 Å². The van der Waals surface area contributed by atoms with Crippen LogP contribution in [0.1, 0.15) is 145 Å². The topological polar surface area (TPSA) is 66.4 Å². The summed E-state index contributed by atoms with van der Waals surface area (Å²) in [6, 6.07) is 8.23. The molecule has 0 saturated carbocycles. The van der Waals surface area contributed by atoms with Crippen LogP contribution in [0.25, 0.3) is 11.1 Å². The Balaban J connectivity index is 1.46. The van der Waals surface area contributed by atoms with Crippen LogP contribution >= 0.6 is 0 Å². The van der Waals surface area contributed by atoms with Crippen LogP contribution in [0, 0.1) is 13.8 Å². The van der Waals surface area contributed by atoms with Gasteiger partial charge in [0, 0.05) is 0 Å². The van der Waals surface area contributed by atoms with Crippen molar-refractivity contribution in [1.29, 1.82) is 0 Å².